The van der Waals surface area contributed by atoms with Crippen molar-refractivity contribution in [3.05, 3.63) is 74.9 Å². The van der Waals surface area contributed by atoms with Crippen LogP contribution in [0.15, 0.2) is 53.3 Å². The Labute approximate surface area is 241 Å². The number of aliphatic hydroxyl groups is 1. The van der Waals surface area contributed by atoms with E-state index in [0.29, 0.717) is 40.4 Å². The number of fused-ring (bicyclic) bond motifs is 1. The van der Waals surface area contributed by atoms with Crippen LogP contribution in [0.2, 0.25) is 10.0 Å². The number of alkyl halides is 3. The van der Waals surface area contributed by atoms with Gasteiger partial charge in [-0.2, -0.15) is 22.8 Å². The summed E-state index contributed by atoms with van der Waals surface area (Å²) in [5, 5.41) is 19.6. The highest BCUT2D eigenvalue weighted by Crippen LogP contribution is 2.34. The number of hydrogen-bond donors (Lipinski definition) is 1. The van der Waals surface area contributed by atoms with E-state index in [9.17, 15) is 23.1 Å². The number of para-hydroxylation sites is 1. The smallest absolute Gasteiger partial charge is 0.382 e. The number of halogens is 5. The molecular weight excluding hydrogens is 586 g/mol. The molecule has 4 aromatic rings. The van der Waals surface area contributed by atoms with Crippen LogP contribution in [0, 0.1) is 0 Å². The molecule has 2 aliphatic heterocycles. The van der Waals surface area contributed by atoms with Crippen molar-refractivity contribution in [2.24, 2.45) is 0 Å². The zero-order valence-corrected chi connectivity index (χ0v) is 22.9. The third-order valence-electron chi connectivity index (χ3n) is 7.25. The van der Waals surface area contributed by atoms with Gasteiger partial charge in [-0.05, 0) is 49.2 Å². The summed E-state index contributed by atoms with van der Waals surface area (Å²) in [6, 6.07) is 13.3. The normalized spacial score (nSPS) is 19.6. The summed E-state index contributed by atoms with van der Waals surface area (Å²) < 4.78 is 48.9. The van der Waals surface area contributed by atoms with Gasteiger partial charge >= 0.3 is 11.9 Å². The standard InChI is InChI=1S/C26H24Cl2F3N7O3/c27-16-7-5-15(6-8-16)23-34-37(25(40)36(23)13-21(39)26(29,30)31)14-22-32-24(35-11-9-20-19(35)10-12-41-20)38(33-22)18-4-2-1-3-17(18)28/h1-8,19-21,39H,9-14H2/t19?,20?,21-/m0/s1. The molecule has 2 fully saturated rings. The van der Waals surface area contributed by atoms with Crippen LogP contribution in [0.1, 0.15) is 18.7 Å². The number of aliphatic hydroxyl groups excluding tert-OH is 1. The van der Waals surface area contributed by atoms with Gasteiger partial charge in [-0.1, -0.05) is 35.3 Å². The van der Waals surface area contributed by atoms with E-state index >= 15 is 0 Å². The predicted octanol–water partition coefficient (Wildman–Crippen LogP) is 3.94. The van der Waals surface area contributed by atoms with Crippen molar-refractivity contribution in [3.63, 3.8) is 0 Å². The summed E-state index contributed by atoms with van der Waals surface area (Å²) in [4.78, 5) is 20.2. The lowest BCUT2D eigenvalue weighted by atomic mass is 10.1. The molecule has 0 radical (unpaired) electrons. The summed E-state index contributed by atoms with van der Waals surface area (Å²) in [5.41, 5.74) is 0.0665. The molecule has 216 valence electrons. The van der Waals surface area contributed by atoms with Gasteiger partial charge in [0.05, 0.1) is 29.4 Å². The van der Waals surface area contributed by atoms with Gasteiger partial charge in [0.25, 0.3) is 0 Å². The minimum absolute atomic E-state index is 0.0637. The Morgan fingerprint density at radius 2 is 1.83 bits per heavy atom. The largest absolute Gasteiger partial charge is 0.416 e. The molecule has 0 aliphatic carbocycles. The third-order valence-corrected chi connectivity index (χ3v) is 7.82. The molecule has 2 aromatic heterocycles. The molecule has 15 heteroatoms. The summed E-state index contributed by atoms with van der Waals surface area (Å²) in [5.74, 6) is 0.656. The molecule has 2 saturated heterocycles. The molecule has 2 unspecified atom stereocenters. The van der Waals surface area contributed by atoms with Crippen LogP contribution >= 0.6 is 23.2 Å². The van der Waals surface area contributed by atoms with Crippen LogP contribution in [-0.2, 0) is 17.8 Å². The fourth-order valence-electron chi connectivity index (χ4n) is 5.26. The van der Waals surface area contributed by atoms with Crippen molar-refractivity contribution >= 4 is 29.2 Å². The fraction of sp³-hybridized carbons (Fsp3) is 0.385. The number of hydrogen-bond acceptors (Lipinski definition) is 7. The maximum Gasteiger partial charge on any atom is 0.416 e. The first kappa shape index (κ1) is 27.8. The van der Waals surface area contributed by atoms with Gasteiger partial charge < -0.3 is 14.7 Å². The summed E-state index contributed by atoms with van der Waals surface area (Å²) in [6.45, 7) is 0.0485. The maximum absolute atomic E-state index is 13.4. The van der Waals surface area contributed by atoms with Gasteiger partial charge in [-0.3, -0.25) is 4.57 Å². The average Bonchev–Trinajstić information content (AvgIpc) is 3.70. The second-order valence-corrected chi connectivity index (χ2v) is 10.7. The Morgan fingerprint density at radius 3 is 2.56 bits per heavy atom. The Morgan fingerprint density at radius 1 is 1.07 bits per heavy atom. The highest BCUT2D eigenvalue weighted by molar-refractivity contribution is 6.32. The highest BCUT2D eigenvalue weighted by atomic mass is 35.5. The van der Waals surface area contributed by atoms with E-state index < -0.39 is 24.5 Å². The van der Waals surface area contributed by atoms with Crippen LogP contribution < -0.4 is 10.6 Å². The van der Waals surface area contributed by atoms with E-state index in [0.717, 1.165) is 22.1 Å². The molecule has 0 saturated carbocycles. The molecule has 0 spiro atoms. The topological polar surface area (TPSA) is 103 Å². The number of ether oxygens (including phenoxy) is 1. The molecular formula is C26H24Cl2F3N7O3. The van der Waals surface area contributed by atoms with E-state index in [1.807, 2.05) is 6.07 Å². The Bertz CT molecular complexity index is 1620. The van der Waals surface area contributed by atoms with Crippen molar-refractivity contribution in [1.82, 2.24) is 29.1 Å². The van der Waals surface area contributed by atoms with Crippen LogP contribution in [0.25, 0.3) is 17.1 Å². The first-order chi connectivity index (χ1) is 19.6. The first-order valence-corrected chi connectivity index (χ1v) is 13.6. The SMILES string of the molecule is O=c1n(Cc2nc(N3CCC4OCCC43)n(-c3ccccc3Cl)n2)nc(-c2ccc(Cl)cc2)n1C[C@H](O)C(F)(F)F. The van der Waals surface area contributed by atoms with Gasteiger partial charge in [0.2, 0.25) is 5.95 Å². The van der Waals surface area contributed by atoms with Crippen LogP contribution in [-0.4, -0.2) is 71.8 Å². The molecule has 3 atom stereocenters. The van der Waals surface area contributed by atoms with Crippen LogP contribution in [0.5, 0.6) is 0 Å². The van der Waals surface area contributed by atoms with E-state index in [4.69, 9.17) is 32.9 Å². The molecule has 6 rings (SSSR count). The van der Waals surface area contributed by atoms with Gasteiger partial charge in [0.15, 0.2) is 17.8 Å². The minimum Gasteiger partial charge on any atom is -0.382 e. The second-order valence-electron chi connectivity index (χ2n) is 9.88. The quantitative estimate of drug-likeness (QED) is 0.338. The van der Waals surface area contributed by atoms with E-state index in [1.165, 1.54) is 24.3 Å². The molecule has 2 aromatic carbocycles. The van der Waals surface area contributed by atoms with Gasteiger partial charge in [-0.25, -0.2) is 9.48 Å². The third kappa shape index (κ3) is 5.34. The number of benzene rings is 2. The Balaban J connectivity index is 1.41. The van der Waals surface area contributed by atoms with Crippen molar-refractivity contribution in [2.45, 2.75) is 50.4 Å². The van der Waals surface area contributed by atoms with Gasteiger partial charge in [0.1, 0.15) is 6.54 Å². The second kappa shape index (κ2) is 10.8. The van der Waals surface area contributed by atoms with Crippen LogP contribution in [0.4, 0.5) is 19.1 Å². The predicted molar refractivity (Wildman–Crippen MR) is 145 cm³/mol. The maximum atomic E-state index is 13.4. The lowest BCUT2D eigenvalue weighted by Crippen LogP contribution is -2.37. The van der Waals surface area contributed by atoms with Gasteiger partial charge in [0, 0.05) is 23.7 Å². The molecule has 4 heterocycles. The molecule has 0 amide bonds. The lowest BCUT2D eigenvalue weighted by Gasteiger charge is -2.24. The summed E-state index contributed by atoms with van der Waals surface area (Å²) in [7, 11) is 0. The average molecular weight is 610 g/mol. The highest BCUT2D eigenvalue weighted by Gasteiger charge is 2.42. The fourth-order valence-corrected chi connectivity index (χ4v) is 5.61. The zero-order valence-electron chi connectivity index (χ0n) is 21.4. The monoisotopic (exact) mass is 609 g/mol. The van der Waals surface area contributed by atoms with Crippen molar-refractivity contribution in [1.29, 1.82) is 0 Å². The number of anilines is 1. The summed E-state index contributed by atoms with van der Waals surface area (Å²) >= 11 is 12.5. The number of aromatic nitrogens is 6. The molecule has 2 aliphatic rings. The lowest BCUT2D eigenvalue weighted by molar-refractivity contribution is -0.207. The Kier molecular flexibility index (Phi) is 7.30. The molecule has 41 heavy (non-hydrogen) atoms. The van der Waals surface area contributed by atoms with E-state index in [-0.39, 0.29) is 30.3 Å². The number of nitrogens with zero attached hydrogens (tertiary/aromatic N) is 7. The summed E-state index contributed by atoms with van der Waals surface area (Å²) in [6.07, 6.45) is -5.98. The zero-order chi connectivity index (χ0) is 28.9. The van der Waals surface area contributed by atoms with Gasteiger partial charge in [-0.15, -0.1) is 10.2 Å². The van der Waals surface area contributed by atoms with Crippen LogP contribution in [0.3, 0.4) is 0 Å². The first-order valence-electron chi connectivity index (χ1n) is 12.9. The Hall–Kier alpha value is -3.39. The van der Waals surface area contributed by atoms with E-state index in [2.05, 4.69) is 15.1 Å². The van der Waals surface area contributed by atoms with Crippen molar-refractivity contribution in [2.75, 3.05) is 18.1 Å². The number of rotatable bonds is 7. The molecule has 10 nitrogen and oxygen atoms in total. The van der Waals surface area contributed by atoms with Crippen molar-refractivity contribution < 1.29 is 23.0 Å². The molecule has 1 N–H and O–H groups in total. The minimum atomic E-state index is -4.93. The molecule has 0 bridgehead atoms. The van der Waals surface area contributed by atoms with E-state index in [1.54, 1.807) is 22.9 Å². The van der Waals surface area contributed by atoms with Crippen molar-refractivity contribution in [3.8, 4) is 17.1 Å².